The minimum Gasteiger partial charge on any atom is -0.468 e. The van der Waals surface area contributed by atoms with E-state index in [1.165, 1.54) is 7.11 Å². The maximum atomic E-state index is 10.9. The van der Waals surface area contributed by atoms with Crippen molar-refractivity contribution in [2.45, 2.75) is 19.5 Å². The smallest absolute Gasteiger partial charge is 0.322 e. The van der Waals surface area contributed by atoms with E-state index in [9.17, 15) is 4.79 Å². The Hall–Kier alpha value is -1.36. The van der Waals surface area contributed by atoms with Crippen molar-refractivity contribution < 1.29 is 14.1 Å². The molecule has 1 aromatic heterocycles. The maximum Gasteiger partial charge on any atom is 0.322 e. The van der Waals surface area contributed by atoms with E-state index in [4.69, 9.17) is 4.52 Å². The molecule has 5 heteroatoms. The molecule has 5 nitrogen and oxygen atoms in total. The molecule has 0 aliphatic carbocycles. The van der Waals surface area contributed by atoms with Gasteiger partial charge in [0.2, 0.25) is 0 Å². The van der Waals surface area contributed by atoms with E-state index in [2.05, 4.69) is 15.2 Å². The van der Waals surface area contributed by atoms with E-state index in [1.54, 1.807) is 19.2 Å². The molecule has 1 aromatic rings. The van der Waals surface area contributed by atoms with E-state index in [0.29, 0.717) is 12.3 Å². The van der Waals surface area contributed by atoms with E-state index in [0.717, 1.165) is 0 Å². The van der Waals surface area contributed by atoms with Crippen molar-refractivity contribution in [2.24, 2.45) is 0 Å². The van der Waals surface area contributed by atoms with Gasteiger partial charge in [0.1, 0.15) is 11.8 Å². The second-order valence-electron chi connectivity index (χ2n) is 2.60. The topological polar surface area (TPSA) is 64.4 Å². The molecule has 0 aromatic carbocycles. The van der Waals surface area contributed by atoms with Gasteiger partial charge >= 0.3 is 5.97 Å². The Kier molecular flexibility index (Phi) is 3.45. The second-order valence-corrected chi connectivity index (χ2v) is 2.60. The molecule has 0 saturated heterocycles. The van der Waals surface area contributed by atoms with Crippen molar-refractivity contribution in [1.29, 1.82) is 0 Å². The van der Waals surface area contributed by atoms with E-state index >= 15 is 0 Å². The lowest BCUT2D eigenvalue weighted by atomic mass is 10.3. The van der Waals surface area contributed by atoms with Crippen molar-refractivity contribution in [2.75, 3.05) is 7.11 Å². The van der Waals surface area contributed by atoms with E-state index in [1.807, 2.05) is 0 Å². The number of nitrogens with zero attached hydrogens (tertiary/aromatic N) is 1. The molecule has 0 spiro atoms. The van der Waals surface area contributed by atoms with Crippen LogP contribution < -0.4 is 5.32 Å². The van der Waals surface area contributed by atoms with Crippen LogP contribution in [0.25, 0.3) is 0 Å². The number of hydrogen-bond acceptors (Lipinski definition) is 5. The Morgan fingerprint density at radius 3 is 3.15 bits per heavy atom. The molecule has 0 amide bonds. The van der Waals surface area contributed by atoms with Crippen LogP contribution in [0.15, 0.2) is 16.8 Å². The summed E-state index contributed by atoms with van der Waals surface area (Å²) in [5.74, 6) is 0.398. The molecule has 0 aliphatic heterocycles. The normalized spacial score (nSPS) is 12.5. The Morgan fingerprint density at radius 1 is 1.85 bits per heavy atom. The average molecular weight is 184 g/mol. The summed E-state index contributed by atoms with van der Waals surface area (Å²) >= 11 is 0. The van der Waals surface area contributed by atoms with Gasteiger partial charge in [0.05, 0.1) is 19.9 Å². The van der Waals surface area contributed by atoms with Crippen LogP contribution in [0.1, 0.15) is 12.7 Å². The molecule has 0 saturated carbocycles. The second kappa shape index (κ2) is 4.61. The molecule has 1 rings (SSSR count). The minimum atomic E-state index is -0.338. The number of carbonyl (C=O) groups excluding carboxylic acids is 1. The summed E-state index contributed by atoms with van der Waals surface area (Å²) in [6.07, 6.45) is 1.56. The highest BCUT2D eigenvalue weighted by Crippen LogP contribution is 1.96. The molecule has 1 heterocycles. The molecule has 0 fully saturated rings. The number of ether oxygens (including phenoxy) is 1. The number of esters is 1. The fourth-order valence-electron chi connectivity index (χ4n) is 0.847. The highest BCUT2D eigenvalue weighted by Gasteiger charge is 2.12. The number of methoxy groups -OCH3 is 1. The molecular formula is C8H12N2O3. The highest BCUT2D eigenvalue weighted by atomic mass is 16.5. The fraction of sp³-hybridized carbons (Fsp3) is 0.500. The molecule has 0 radical (unpaired) electrons. The van der Waals surface area contributed by atoms with Gasteiger partial charge in [0, 0.05) is 6.07 Å². The Balaban J connectivity index is 2.30. The summed E-state index contributed by atoms with van der Waals surface area (Å²) in [5.41, 5.74) is 0. The summed E-state index contributed by atoms with van der Waals surface area (Å²) in [5, 5.41) is 6.46. The number of carbonyl (C=O) groups is 1. The largest absolute Gasteiger partial charge is 0.468 e. The summed E-state index contributed by atoms with van der Waals surface area (Å²) in [7, 11) is 1.36. The molecule has 1 atom stereocenters. The van der Waals surface area contributed by atoms with Gasteiger partial charge in [0.15, 0.2) is 0 Å². The first-order valence-corrected chi connectivity index (χ1v) is 3.95. The van der Waals surface area contributed by atoms with Gasteiger partial charge in [-0.15, -0.1) is 0 Å². The molecule has 0 bridgehead atoms. The van der Waals surface area contributed by atoms with Crippen LogP contribution in [0.4, 0.5) is 0 Å². The Labute approximate surface area is 76.0 Å². The zero-order valence-corrected chi connectivity index (χ0v) is 7.61. The third-order valence-electron chi connectivity index (χ3n) is 1.63. The monoisotopic (exact) mass is 184 g/mol. The molecule has 1 unspecified atom stereocenters. The minimum absolute atomic E-state index is 0.292. The van der Waals surface area contributed by atoms with Crippen molar-refractivity contribution in [3.05, 3.63) is 18.0 Å². The Bertz CT molecular complexity index is 258. The van der Waals surface area contributed by atoms with Crippen LogP contribution in [-0.4, -0.2) is 24.3 Å². The zero-order chi connectivity index (χ0) is 9.68. The molecule has 72 valence electrons. The van der Waals surface area contributed by atoms with Gasteiger partial charge in [-0.2, -0.15) is 0 Å². The van der Waals surface area contributed by atoms with Crippen molar-refractivity contribution in [3.63, 3.8) is 0 Å². The quantitative estimate of drug-likeness (QED) is 0.683. The van der Waals surface area contributed by atoms with Gasteiger partial charge in [-0.1, -0.05) is 5.16 Å². The number of nitrogens with one attached hydrogen (secondary N) is 1. The lowest BCUT2D eigenvalue weighted by molar-refractivity contribution is -0.142. The number of hydrogen-bond donors (Lipinski definition) is 1. The van der Waals surface area contributed by atoms with Gasteiger partial charge < -0.3 is 9.26 Å². The fourth-order valence-corrected chi connectivity index (χ4v) is 0.847. The SMILES string of the molecule is COC(=O)C(C)NCc1ccno1. The lowest BCUT2D eigenvalue weighted by Crippen LogP contribution is -2.34. The van der Waals surface area contributed by atoms with Crippen LogP contribution >= 0.6 is 0 Å². The maximum absolute atomic E-state index is 10.9. The first-order valence-electron chi connectivity index (χ1n) is 3.95. The first kappa shape index (κ1) is 9.73. The Morgan fingerprint density at radius 2 is 2.62 bits per heavy atom. The number of rotatable bonds is 4. The third-order valence-corrected chi connectivity index (χ3v) is 1.63. The lowest BCUT2D eigenvalue weighted by Gasteiger charge is -2.08. The van der Waals surface area contributed by atoms with Crippen LogP contribution in [0, 0.1) is 0 Å². The van der Waals surface area contributed by atoms with Gasteiger partial charge in [-0.3, -0.25) is 10.1 Å². The van der Waals surface area contributed by atoms with Crippen LogP contribution in [0.5, 0.6) is 0 Å². The van der Waals surface area contributed by atoms with E-state index in [-0.39, 0.29) is 12.0 Å². The predicted molar refractivity (Wildman–Crippen MR) is 44.8 cm³/mol. The summed E-state index contributed by atoms with van der Waals surface area (Å²) in [6, 6.07) is 1.40. The highest BCUT2D eigenvalue weighted by molar-refractivity contribution is 5.74. The van der Waals surface area contributed by atoms with Crippen molar-refractivity contribution >= 4 is 5.97 Å². The molecular weight excluding hydrogens is 172 g/mol. The average Bonchev–Trinajstić information content (AvgIpc) is 2.65. The molecule has 13 heavy (non-hydrogen) atoms. The van der Waals surface area contributed by atoms with Gasteiger partial charge in [0.25, 0.3) is 0 Å². The third kappa shape index (κ3) is 2.87. The summed E-state index contributed by atoms with van der Waals surface area (Å²) in [4.78, 5) is 10.9. The molecule has 0 aliphatic rings. The zero-order valence-electron chi connectivity index (χ0n) is 7.61. The standard InChI is InChI=1S/C8H12N2O3/c1-6(8(11)12-2)9-5-7-3-4-10-13-7/h3-4,6,9H,5H2,1-2H3. The van der Waals surface area contributed by atoms with E-state index < -0.39 is 0 Å². The van der Waals surface area contributed by atoms with Crippen LogP contribution in [0.2, 0.25) is 0 Å². The van der Waals surface area contributed by atoms with Crippen LogP contribution in [-0.2, 0) is 16.1 Å². The first-order chi connectivity index (χ1) is 6.24. The number of aromatic nitrogens is 1. The van der Waals surface area contributed by atoms with Crippen LogP contribution in [0.3, 0.4) is 0 Å². The van der Waals surface area contributed by atoms with Gasteiger partial charge in [-0.25, -0.2) is 0 Å². The van der Waals surface area contributed by atoms with Gasteiger partial charge in [-0.05, 0) is 6.92 Å². The van der Waals surface area contributed by atoms with Crippen molar-refractivity contribution in [1.82, 2.24) is 10.5 Å². The predicted octanol–water partition coefficient (Wildman–Crippen LogP) is 0.326. The summed E-state index contributed by atoms with van der Waals surface area (Å²) in [6.45, 7) is 2.19. The van der Waals surface area contributed by atoms with Crippen molar-refractivity contribution in [3.8, 4) is 0 Å². The molecule has 1 N–H and O–H groups in total. The summed E-state index contributed by atoms with van der Waals surface area (Å²) < 4.78 is 9.37.